The number of benzene rings is 1. The maximum absolute atomic E-state index is 10.5. The van der Waals surface area contributed by atoms with Crippen LogP contribution in [-0.2, 0) is 11.3 Å². The molecule has 0 fully saturated rings. The number of carbonyl (C=O) groups excluding carboxylic acids is 1. The lowest BCUT2D eigenvalue weighted by molar-refractivity contribution is -0.384. The van der Waals surface area contributed by atoms with Gasteiger partial charge < -0.3 is 15.8 Å². The highest BCUT2D eigenvalue weighted by atomic mass is 16.6. The molecule has 0 unspecified atom stereocenters. The van der Waals surface area contributed by atoms with Crippen LogP contribution in [0.4, 0.5) is 10.5 Å². The van der Waals surface area contributed by atoms with E-state index in [4.69, 9.17) is 5.73 Å². The Morgan fingerprint density at radius 2 is 2.29 bits per heavy atom. The van der Waals surface area contributed by atoms with E-state index in [1.165, 1.54) is 12.1 Å². The lowest BCUT2D eigenvalue weighted by Crippen LogP contribution is -2.23. The van der Waals surface area contributed by atoms with Crippen molar-refractivity contribution in [2.75, 3.05) is 13.2 Å². The predicted octanol–water partition coefficient (Wildman–Crippen LogP) is 0.780. The van der Waals surface area contributed by atoms with Crippen molar-refractivity contribution in [3.05, 3.63) is 39.9 Å². The number of ether oxygens (including phenoxy) is 1. The third-order valence-electron chi connectivity index (χ3n) is 1.97. The van der Waals surface area contributed by atoms with Crippen LogP contribution >= 0.6 is 0 Å². The molecule has 0 saturated carbocycles. The molecular weight excluding hydrogens is 226 g/mol. The van der Waals surface area contributed by atoms with Crippen LogP contribution in [0.3, 0.4) is 0 Å². The second-order valence-corrected chi connectivity index (χ2v) is 3.27. The molecule has 1 aromatic rings. The number of nitro benzene ring substituents is 1. The maximum atomic E-state index is 10.5. The summed E-state index contributed by atoms with van der Waals surface area (Å²) in [6.45, 7) is 1.07. The minimum atomic E-state index is -0.817. The van der Waals surface area contributed by atoms with Gasteiger partial charge in [0.25, 0.3) is 5.69 Å². The van der Waals surface area contributed by atoms with Crippen molar-refractivity contribution in [3.8, 4) is 0 Å². The van der Waals surface area contributed by atoms with Crippen LogP contribution in [0.15, 0.2) is 24.3 Å². The number of non-ortho nitro benzene ring substituents is 1. The first kappa shape index (κ1) is 12.9. The van der Waals surface area contributed by atoms with Gasteiger partial charge in [-0.15, -0.1) is 0 Å². The molecule has 0 aliphatic heterocycles. The van der Waals surface area contributed by atoms with Crippen LogP contribution in [0.1, 0.15) is 5.56 Å². The average molecular weight is 239 g/mol. The van der Waals surface area contributed by atoms with Crippen molar-refractivity contribution >= 4 is 11.8 Å². The Bertz CT molecular complexity index is 408. The first-order chi connectivity index (χ1) is 8.09. The van der Waals surface area contributed by atoms with Gasteiger partial charge in [-0.3, -0.25) is 10.1 Å². The molecule has 1 aromatic carbocycles. The lowest BCUT2D eigenvalue weighted by Gasteiger charge is -2.04. The Morgan fingerprint density at radius 3 is 2.94 bits per heavy atom. The van der Waals surface area contributed by atoms with Gasteiger partial charge in [0.2, 0.25) is 0 Å². The number of hydrogen-bond donors (Lipinski definition) is 2. The second kappa shape index (κ2) is 6.44. The SMILES string of the molecule is NC(=O)OCCNCc1cccc([N+](=O)[O-])c1. The van der Waals surface area contributed by atoms with Crippen LogP contribution < -0.4 is 11.1 Å². The zero-order valence-electron chi connectivity index (χ0n) is 9.09. The van der Waals surface area contributed by atoms with Crippen LogP contribution in [0, 0.1) is 10.1 Å². The minimum Gasteiger partial charge on any atom is -0.448 e. The summed E-state index contributed by atoms with van der Waals surface area (Å²) >= 11 is 0. The van der Waals surface area contributed by atoms with Crippen LogP contribution in [-0.4, -0.2) is 24.2 Å². The molecule has 0 heterocycles. The van der Waals surface area contributed by atoms with Crippen molar-refractivity contribution in [3.63, 3.8) is 0 Å². The summed E-state index contributed by atoms with van der Waals surface area (Å²) in [7, 11) is 0. The fourth-order valence-electron chi connectivity index (χ4n) is 1.24. The molecule has 0 bridgehead atoms. The molecule has 0 saturated heterocycles. The zero-order valence-corrected chi connectivity index (χ0v) is 9.09. The van der Waals surface area contributed by atoms with Gasteiger partial charge in [-0.05, 0) is 5.56 Å². The van der Waals surface area contributed by atoms with Crippen molar-refractivity contribution in [2.24, 2.45) is 5.73 Å². The number of rotatable bonds is 6. The molecule has 0 radical (unpaired) electrons. The smallest absolute Gasteiger partial charge is 0.404 e. The standard InChI is InChI=1S/C10H13N3O4/c11-10(14)17-5-4-12-7-8-2-1-3-9(6-8)13(15)16/h1-3,6,12H,4-5,7H2,(H2,11,14). The Balaban J connectivity index is 2.34. The number of primary amides is 1. The third-order valence-corrected chi connectivity index (χ3v) is 1.97. The summed E-state index contributed by atoms with van der Waals surface area (Å²) in [5.41, 5.74) is 5.62. The van der Waals surface area contributed by atoms with Crippen LogP contribution in [0.25, 0.3) is 0 Å². The molecule has 0 spiro atoms. The zero-order chi connectivity index (χ0) is 12.7. The van der Waals surface area contributed by atoms with Crippen molar-refractivity contribution in [1.82, 2.24) is 5.32 Å². The number of nitrogens with one attached hydrogen (secondary N) is 1. The number of hydrogen-bond acceptors (Lipinski definition) is 5. The summed E-state index contributed by atoms with van der Waals surface area (Å²) in [6.07, 6.45) is -0.817. The predicted molar refractivity (Wildman–Crippen MR) is 60.3 cm³/mol. The summed E-state index contributed by atoms with van der Waals surface area (Å²) in [5.74, 6) is 0. The van der Waals surface area contributed by atoms with E-state index in [0.29, 0.717) is 13.1 Å². The third kappa shape index (κ3) is 4.94. The summed E-state index contributed by atoms with van der Waals surface area (Å²) in [5, 5.41) is 13.5. The van der Waals surface area contributed by atoms with E-state index >= 15 is 0 Å². The van der Waals surface area contributed by atoms with E-state index in [0.717, 1.165) is 5.56 Å². The topological polar surface area (TPSA) is 107 Å². The maximum Gasteiger partial charge on any atom is 0.404 e. The van der Waals surface area contributed by atoms with Crippen molar-refractivity contribution < 1.29 is 14.5 Å². The number of nitrogens with zero attached hydrogens (tertiary/aromatic N) is 1. The fourth-order valence-corrected chi connectivity index (χ4v) is 1.24. The molecular formula is C10H13N3O4. The van der Waals surface area contributed by atoms with Gasteiger partial charge >= 0.3 is 6.09 Å². The molecule has 1 amide bonds. The van der Waals surface area contributed by atoms with E-state index < -0.39 is 11.0 Å². The Labute approximate surface area is 97.7 Å². The largest absolute Gasteiger partial charge is 0.448 e. The molecule has 1 rings (SSSR count). The molecule has 17 heavy (non-hydrogen) atoms. The highest BCUT2D eigenvalue weighted by molar-refractivity contribution is 5.64. The fraction of sp³-hybridized carbons (Fsp3) is 0.300. The van der Waals surface area contributed by atoms with Crippen LogP contribution in [0.5, 0.6) is 0 Å². The number of carbonyl (C=O) groups is 1. The molecule has 0 aliphatic rings. The van der Waals surface area contributed by atoms with Gasteiger partial charge in [-0.2, -0.15) is 0 Å². The van der Waals surface area contributed by atoms with E-state index in [-0.39, 0.29) is 12.3 Å². The quantitative estimate of drug-likeness (QED) is 0.433. The monoisotopic (exact) mass is 239 g/mol. The Hall–Kier alpha value is -2.15. The van der Waals surface area contributed by atoms with E-state index in [1.807, 2.05) is 0 Å². The van der Waals surface area contributed by atoms with Crippen LogP contribution in [0.2, 0.25) is 0 Å². The second-order valence-electron chi connectivity index (χ2n) is 3.27. The van der Waals surface area contributed by atoms with E-state index in [2.05, 4.69) is 10.1 Å². The first-order valence-corrected chi connectivity index (χ1v) is 4.96. The van der Waals surface area contributed by atoms with Crippen molar-refractivity contribution in [2.45, 2.75) is 6.54 Å². The normalized spacial score (nSPS) is 9.88. The van der Waals surface area contributed by atoms with Gasteiger partial charge in [0.1, 0.15) is 6.61 Å². The average Bonchev–Trinajstić information content (AvgIpc) is 2.28. The summed E-state index contributed by atoms with van der Waals surface area (Å²) in [6, 6.07) is 6.31. The number of amides is 1. The summed E-state index contributed by atoms with van der Waals surface area (Å²) in [4.78, 5) is 20.3. The Morgan fingerprint density at radius 1 is 1.53 bits per heavy atom. The van der Waals surface area contributed by atoms with E-state index in [9.17, 15) is 14.9 Å². The molecule has 7 heteroatoms. The van der Waals surface area contributed by atoms with E-state index in [1.54, 1.807) is 12.1 Å². The molecule has 7 nitrogen and oxygen atoms in total. The first-order valence-electron chi connectivity index (χ1n) is 4.96. The summed E-state index contributed by atoms with van der Waals surface area (Å²) < 4.78 is 4.51. The van der Waals surface area contributed by atoms with Crippen molar-refractivity contribution in [1.29, 1.82) is 0 Å². The van der Waals surface area contributed by atoms with Gasteiger partial charge in [-0.1, -0.05) is 12.1 Å². The molecule has 92 valence electrons. The van der Waals surface area contributed by atoms with Gasteiger partial charge in [0.05, 0.1) is 4.92 Å². The number of nitrogens with two attached hydrogens (primary N) is 1. The minimum absolute atomic E-state index is 0.0534. The van der Waals surface area contributed by atoms with Gasteiger partial charge in [-0.25, -0.2) is 4.79 Å². The lowest BCUT2D eigenvalue weighted by atomic mass is 10.2. The van der Waals surface area contributed by atoms with Gasteiger partial charge in [0.15, 0.2) is 0 Å². The van der Waals surface area contributed by atoms with Gasteiger partial charge in [0, 0.05) is 25.2 Å². The molecule has 0 aliphatic carbocycles. The Kier molecular flexibility index (Phi) is 4.89. The molecule has 3 N–H and O–H groups in total. The molecule has 0 aromatic heterocycles. The highest BCUT2D eigenvalue weighted by Gasteiger charge is 2.04. The number of nitro groups is 1. The molecule has 0 atom stereocenters. The highest BCUT2D eigenvalue weighted by Crippen LogP contribution is 2.12.